The van der Waals surface area contributed by atoms with E-state index in [4.69, 9.17) is 0 Å². The minimum absolute atomic E-state index is 0. The fraction of sp³-hybridized carbons (Fsp3) is 0.111. The van der Waals surface area contributed by atoms with Gasteiger partial charge in [-0.25, -0.2) is 0 Å². The maximum Gasteiger partial charge on any atom is 2.00 e. The molecule has 0 saturated carbocycles. The molecule has 2 heteroatoms. The van der Waals surface area contributed by atoms with Crippen molar-refractivity contribution in [3.63, 3.8) is 0 Å². The van der Waals surface area contributed by atoms with E-state index in [1.807, 2.05) is 0 Å². The Hall–Kier alpha value is -1.81. The molecule has 5 aromatic rings. The molecule has 0 bridgehead atoms. The van der Waals surface area contributed by atoms with Crippen LogP contribution in [0.5, 0.6) is 0 Å². The van der Waals surface area contributed by atoms with E-state index in [0.29, 0.717) is 0 Å². The van der Waals surface area contributed by atoms with Crippen molar-refractivity contribution in [1.29, 1.82) is 0 Å². The molecular formula is C27H25PZr. The van der Waals surface area contributed by atoms with Gasteiger partial charge in [-0.15, -0.1) is 82.8 Å². The molecule has 0 aliphatic carbocycles. The fourth-order valence-electron chi connectivity index (χ4n) is 3.65. The van der Waals surface area contributed by atoms with E-state index in [2.05, 4.69) is 117 Å². The summed E-state index contributed by atoms with van der Waals surface area (Å²) in [6, 6.07) is 34.7. The Morgan fingerprint density at radius 1 is 0.690 bits per heavy atom. The van der Waals surface area contributed by atoms with Gasteiger partial charge in [-0.1, -0.05) is 55.0 Å². The minimum Gasteiger partial charge on any atom is -0.165 e. The Balaban J connectivity index is 0.000000167. The van der Waals surface area contributed by atoms with Crippen LogP contribution in [0.3, 0.4) is 0 Å². The van der Waals surface area contributed by atoms with Gasteiger partial charge in [0.15, 0.2) is 0 Å². The van der Waals surface area contributed by atoms with Crippen LogP contribution in [0.15, 0.2) is 97.1 Å². The normalized spacial score (nSPS) is 10.6. The second-order valence-corrected chi connectivity index (χ2v) is 9.75. The summed E-state index contributed by atoms with van der Waals surface area (Å²) in [6.45, 7) is 6.74. The van der Waals surface area contributed by atoms with E-state index in [1.54, 1.807) is 0 Å². The molecule has 0 spiro atoms. The summed E-state index contributed by atoms with van der Waals surface area (Å²) in [5, 5.41) is 6.95. The summed E-state index contributed by atoms with van der Waals surface area (Å²) in [6.07, 6.45) is 0. The molecule has 0 unspecified atom stereocenters. The molecule has 5 aromatic carbocycles. The van der Waals surface area contributed by atoms with Crippen LogP contribution in [0.4, 0.5) is 0 Å². The van der Waals surface area contributed by atoms with Gasteiger partial charge in [-0.05, 0) is 18.9 Å². The number of aryl methyl sites for hydroxylation is 1. The summed E-state index contributed by atoms with van der Waals surface area (Å²) in [5.74, 6) is 0. The van der Waals surface area contributed by atoms with Gasteiger partial charge in [0.2, 0.25) is 0 Å². The predicted octanol–water partition coefficient (Wildman–Crippen LogP) is 7.46. The predicted molar refractivity (Wildman–Crippen MR) is 128 cm³/mol. The molecule has 0 heterocycles. The minimum atomic E-state index is 0. The first-order valence-corrected chi connectivity index (χ1v) is 11.9. The zero-order valence-electron chi connectivity index (χ0n) is 17.2. The van der Waals surface area contributed by atoms with E-state index in [9.17, 15) is 0 Å². The Kier molecular flexibility index (Phi) is 7.40. The third kappa shape index (κ3) is 5.03. The zero-order chi connectivity index (χ0) is 19.5. The molecule has 0 aliphatic rings. The number of fused-ring (bicyclic) bond motifs is 2. The molecule has 0 fully saturated rings. The Bertz CT molecular complexity index is 1160. The number of rotatable bonds is 2. The van der Waals surface area contributed by atoms with Crippen molar-refractivity contribution in [2.24, 2.45) is 0 Å². The first kappa shape index (κ1) is 21.9. The van der Waals surface area contributed by atoms with Crippen molar-refractivity contribution >= 4 is 34.8 Å². The van der Waals surface area contributed by atoms with Gasteiger partial charge in [-0.3, -0.25) is 0 Å². The van der Waals surface area contributed by atoms with Crippen LogP contribution in [0, 0.1) is 6.92 Å². The molecule has 0 aliphatic heterocycles. The van der Waals surface area contributed by atoms with E-state index < -0.39 is 0 Å². The second kappa shape index (κ2) is 9.80. The van der Waals surface area contributed by atoms with Crippen LogP contribution in [0.25, 0.3) is 32.7 Å². The number of benzene rings is 3. The molecule has 0 N–H and O–H groups in total. The van der Waals surface area contributed by atoms with Crippen molar-refractivity contribution in [3.05, 3.63) is 103 Å². The Morgan fingerprint density at radius 3 is 2.10 bits per heavy atom. The molecule has 0 aromatic heterocycles. The van der Waals surface area contributed by atoms with Gasteiger partial charge < -0.3 is 0 Å². The Labute approximate surface area is 194 Å². The average Bonchev–Trinajstić information content (AvgIpc) is 3.31. The van der Waals surface area contributed by atoms with Crippen molar-refractivity contribution < 1.29 is 26.2 Å². The average molecular weight is 472 g/mol. The van der Waals surface area contributed by atoms with Crippen LogP contribution in [0.2, 0.25) is 0 Å². The quantitative estimate of drug-likeness (QED) is 0.185. The molecule has 29 heavy (non-hydrogen) atoms. The molecule has 5 rings (SSSR count). The largest absolute Gasteiger partial charge is 2.00 e. The van der Waals surface area contributed by atoms with E-state index in [-0.39, 0.29) is 34.1 Å². The third-order valence-electron chi connectivity index (χ3n) is 5.10. The van der Waals surface area contributed by atoms with Crippen molar-refractivity contribution in [3.8, 4) is 11.1 Å². The maximum atomic E-state index is 2.31. The first-order valence-electron chi connectivity index (χ1n) is 9.66. The summed E-state index contributed by atoms with van der Waals surface area (Å²) in [4.78, 5) is 0. The fourth-order valence-corrected chi connectivity index (χ4v) is 4.44. The van der Waals surface area contributed by atoms with Crippen molar-refractivity contribution in [2.45, 2.75) is 6.92 Å². The van der Waals surface area contributed by atoms with E-state index in [1.165, 1.54) is 43.5 Å². The van der Waals surface area contributed by atoms with E-state index in [0.717, 1.165) is 0 Å². The van der Waals surface area contributed by atoms with Crippen LogP contribution in [-0.2, 0) is 26.2 Å². The van der Waals surface area contributed by atoms with Crippen LogP contribution in [-0.4, -0.2) is 13.3 Å². The van der Waals surface area contributed by atoms with Crippen LogP contribution >= 0.6 is 7.92 Å². The first-order chi connectivity index (χ1) is 13.6. The van der Waals surface area contributed by atoms with Gasteiger partial charge in [0, 0.05) is 0 Å². The number of hydrogen-bond donors (Lipinski definition) is 0. The monoisotopic (exact) mass is 470 g/mol. The van der Waals surface area contributed by atoms with Gasteiger partial charge in [0.25, 0.3) is 0 Å². The molecular weight excluding hydrogens is 446 g/mol. The molecule has 0 saturated heterocycles. The van der Waals surface area contributed by atoms with Gasteiger partial charge in [0.1, 0.15) is 0 Å². The molecule has 0 nitrogen and oxygen atoms in total. The zero-order valence-corrected chi connectivity index (χ0v) is 20.5. The molecule has 0 radical (unpaired) electrons. The Morgan fingerprint density at radius 2 is 1.38 bits per heavy atom. The SMILES string of the molecule is CP(C)c1cc2ccccc2[cH-]1.Cc1cc2c(-c3ccccc3)cccc2[cH-]1.[Zr+2]. The summed E-state index contributed by atoms with van der Waals surface area (Å²) >= 11 is 0. The van der Waals surface area contributed by atoms with Gasteiger partial charge in [0.05, 0.1) is 0 Å². The maximum absolute atomic E-state index is 2.31. The van der Waals surface area contributed by atoms with Crippen LogP contribution in [0.1, 0.15) is 5.56 Å². The topological polar surface area (TPSA) is 0 Å². The van der Waals surface area contributed by atoms with Crippen molar-refractivity contribution in [2.75, 3.05) is 13.3 Å². The smallest absolute Gasteiger partial charge is 0.165 e. The summed E-state index contributed by atoms with van der Waals surface area (Å²) in [7, 11) is 0.0576. The van der Waals surface area contributed by atoms with E-state index >= 15 is 0 Å². The summed E-state index contributed by atoms with van der Waals surface area (Å²) < 4.78 is 0. The van der Waals surface area contributed by atoms with Gasteiger partial charge >= 0.3 is 26.2 Å². The van der Waals surface area contributed by atoms with Crippen molar-refractivity contribution in [1.82, 2.24) is 0 Å². The number of hydrogen-bond acceptors (Lipinski definition) is 0. The standard InChI is InChI=1S/C16H13.C11H12P.Zr/c1-12-10-14-8-5-9-15(16(14)11-12)13-6-3-2-4-7-13;1-12(2)11-7-9-5-3-4-6-10(9)8-11;/h2-11H,1H3;3-8H,1-2H3;/q2*-1;+2. The van der Waals surface area contributed by atoms with Gasteiger partial charge in [-0.2, -0.15) is 12.1 Å². The second-order valence-electron chi connectivity index (χ2n) is 7.44. The molecule has 0 atom stereocenters. The molecule has 0 amide bonds. The summed E-state index contributed by atoms with van der Waals surface area (Å²) in [5.41, 5.74) is 3.95. The van der Waals surface area contributed by atoms with Crippen LogP contribution < -0.4 is 5.30 Å². The molecule has 142 valence electrons. The third-order valence-corrected chi connectivity index (χ3v) is 6.39.